The van der Waals surface area contributed by atoms with E-state index in [1.165, 1.54) is 0 Å². The molecule has 0 amide bonds. The van der Waals surface area contributed by atoms with Gasteiger partial charge in [0.1, 0.15) is 0 Å². The average molecular weight is 195 g/mol. The van der Waals surface area contributed by atoms with Crippen molar-refractivity contribution in [2.75, 3.05) is 13.1 Å². The van der Waals surface area contributed by atoms with Gasteiger partial charge in [0.15, 0.2) is 0 Å². The van der Waals surface area contributed by atoms with Crippen LogP contribution in [0.4, 0.5) is 0 Å². The Morgan fingerprint density at radius 3 is 2.50 bits per heavy atom. The number of carbonyl (C=O) groups excluding carboxylic acids is 2. The Bertz CT molecular complexity index is 264. The molecule has 0 saturated carbocycles. The van der Waals surface area contributed by atoms with E-state index in [0.717, 1.165) is 12.8 Å². The summed E-state index contributed by atoms with van der Waals surface area (Å²) in [6, 6.07) is -0.142. The molecule has 0 N–H and O–H groups in total. The Hall–Kier alpha value is -1.34. The molecule has 1 atom stereocenters. The van der Waals surface area contributed by atoms with Crippen molar-refractivity contribution >= 4 is 11.9 Å². The molecule has 1 fully saturated rings. The van der Waals surface area contributed by atoms with Crippen LogP contribution >= 0.6 is 0 Å². The molecule has 0 aromatic heterocycles. The molecule has 4 heteroatoms. The third-order valence-corrected chi connectivity index (χ3v) is 2.09. The largest absolute Gasteiger partial charge is 0.391 e. The number of carbonyl (C=O) groups is 2. The standard InChI is InChI=1S/C10H13NO3/c1-3-5-8(4-2)11-6-9(12)14-10(13)7-11/h2,8H,3,5-7H2,1H3. The molecular weight excluding hydrogens is 182 g/mol. The Morgan fingerprint density at radius 1 is 1.50 bits per heavy atom. The van der Waals surface area contributed by atoms with Gasteiger partial charge in [0.2, 0.25) is 0 Å². The summed E-state index contributed by atoms with van der Waals surface area (Å²) in [5.74, 6) is 1.55. The summed E-state index contributed by atoms with van der Waals surface area (Å²) in [4.78, 5) is 23.6. The Morgan fingerprint density at radius 2 is 2.07 bits per heavy atom. The van der Waals surface area contributed by atoms with Gasteiger partial charge >= 0.3 is 11.9 Å². The molecule has 1 aliphatic rings. The number of hydrogen-bond acceptors (Lipinski definition) is 4. The summed E-state index contributed by atoms with van der Waals surface area (Å²) in [5.41, 5.74) is 0. The fourth-order valence-corrected chi connectivity index (χ4v) is 1.44. The number of nitrogens with zero attached hydrogens (tertiary/aromatic N) is 1. The molecular formula is C10H13NO3. The molecule has 0 aromatic carbocycles. The molecule has 0 aliphatic carbocycles. The summed E-state index contributed by atoms with van der Waals surface area (Å²) in [6.45, 7) is 2.23. The Kier molecular flexibility index (Phi) is 3.66. The van der Waals surface area contributed by atoms with Gasteiger partial charge in [-0.05, 0) is 6.42 Å². The van der Waals surface area contributed by atoms with Gasteiger partial charge < -0.3 is 4.74 Å². The van der Waals surface area contributed by atoms with E-state index < -0.39 is 11.9 Å². The Balaban J connectivity index is 2.62. The molecule has 1 heterocycles. The minimum atomic E-state index is -0.516. The van der Waals surface area contributed by atoms with Crippen molar-refractivity contribution in [2.45, 2.75) is 25.8 Å². The molecule has 4 nitrogen and oxygen atoms in total. The van der Waals surface area contributed by atoms with Crippen LogP contribution in [0.25, 0.3) is 0 Å². The highest BCUT2D eigenvalue weighted by Crippen LogP contribution is 2.09. The van der Waals surface area contributed by atoms with Gasteiger partial charge in [-0.25, -0.2) is 0 Å². The summed E-state index contributed by atoms with van der Waals surface area (Å²) in [5, 5.41) is 0. The van der Waals surface area contributed by atoms with Crippen molar-refractivity contribution in [1.82, 2.24) is 4.90 Å². The van der Waals surface area contributed by atoms with Crippen molar-refractivity contribution < 1.29 is 14.3 Å². The van der Waals surface area contributed by atoms with Crippen LogP contribution in [0.3, 0.4) is 0 Å². The van der Waals surface area contributed by atoms with Crippen LogP contribution in [0, 0.1) is 12.3 Å². The second-order valence-corrected chi connectivity index (χ2v) is 3.22. The topological polar surface area (TPSA) is 46.6 Å². The van der Waals surface area contributed by atoms with E-state index in [1.54, 1.807) is 4.90 Å². The molecule has 0 aromatic rings. The smallest absolute Gasteiger partial charge is 0.327 e. The van der Waals surface area contributed by atoms with Gasteiger partial charge in [-0.1, -0.05) is 19.3 Å². The van der Waals surface area contributed by atoms with E-state index in [2.05, 4.69) is 10.7 Å². The zero-order valence-corrected chi connectivity index (χ0v) is 8.16. The zero-order chi connectivity index (χ0) is 10.6. The number of rotatable bonds is 3. The molecule has 1 aliphatic heterocycles. The van der Waals surface area contributed by atoms with E-state index in [-0.39, 0.29) is 19.1 Å². The summed E-state index contributed by atoms with van der Waals surface area (Å²) in [7, 11) is 0. The molecule has 0 bridgehead atoms. The Labute approximate surface area is 83.2 Å². The number of terminal acetylenes is 1. The second-order valence-electron chi connectivity index (χ2n) is 3.22. The van der Waals surface area contributed by atoms with E-state index in [0.29, 0.717) is 0 Å². The SMILES string of the molecule is C#CC(CCC)N1CC(=O)OC(=O)C1. The lowest BCUT2D eigenvalue weighted by Gasteiger charge is -2.28. The molecule has 0 radical (unpaired) electrons. The maximum Gasteiger partial charge on any atom is 0.327 e. The molecule has 0 spiro atoms. The normalized spacial score (nSPS) is 20.0. The minimum absolute atomic E-state index is 0.112. The number of cyclic esters (lactones) is 2. The summed E-state index contributed by atoms with van der Waals surface area (Å²) in [6.07, 6.45) is 7.04. The quantitative estimate of drug-likeness (QED) is 0.366. The number of hydrogen-bond donors (Lipinski definition) is 0. The first-order valence-electron chi connectivity index (χ1n) is 4.61. The van der Waals surface area contributed by atoms with Crippen LogP contribution in [0.15, 0.2) is 0 Å². The van der Waals surface area contributed by atoms with Gasteiger partial charge in [0.05, 0.1) is 19.1 Å². The zero-order valence-electron chi connectivity index (χ0n) is 8.16. The lowest BCUT2D eigenvalue weighted by molar-refractivity contribution is -0.167. The van der Waals surface area contributed by atoms with Gasteiger partial charge in [0, 0.05) is 0 Å². The molecule has 14 heavy (non-hydrogen) atoms. The van der Waals surface area contributed by atoms with Crippen LogP contribution in [-0.2, 0) is 14.3 Å². The van der Waals surface area contributed by atoms with Crippen molar-refractivity contribution in [3.8, 4) is 12.3 Å². The fourth-order valence-electron chi connectivity index (χ4n) is 1.44. The van der Waals surface area contributed by atoms with Crippen molar-refractivity contribution in [2.24, 2.45) is 0 Å². The third-order valence-electron chi connectivity index (χ3n) is 2.09. The highest BCUT2D eigenvalue weighted by atomic mass is 16.6. The van der Waals surface area contributed by atoms with Crippen LogP contribution in [0.5, 0.6) is 0 Å². The lowest BCUT2D eigenvalue weighted by atomic mass is 10.1. The van der Waals surface area contributed by atoms with E-state index in [9.17, 15) is 9.59 Å². The first-order valence-corrected chi connectivity index (χ1v) is 4.61. The predicted octanol–water partition coefficient (Wildman–Crippen LogP) is 0.174. The first kappa shape index (κ1) is 10.7. The lowest BCUT2D eigenvalue weighted by Crippen LogP contribution is -2.47. The maximum atomic E-state index is 11.0. The van der Waals surface area contributed by atoms with E-state index in [4.69, 9.17) is 6.42 Å². The van der Waals surface area contributed by atoms with Gasteiger partial charge in [-0.15, -0.1) is 6.42 Å². The minimum Gasteiger partial charge on any atom is -0.391 e. The van der Waals surface area contributed by atoms with Gasteiger partial charge in [-0.3, -0.25) is 14.5 Å². The molecule has 1 rings (SSSR count). The first-order chi connectivity index (χ1) is 6.67. The van der Waals surface area contributed by atoms with Crippen LogP contribution in [0.2, 0.25) is 0 Å². The highest BCUT2D eigenvalue weighted by Gasteiger charge is 2.28. The molecule has 1 unspecified atom stereocenters. The van der Waals surface area contributed by atoms with E-state index >= 15 is 0 Å². The number of morpholine rings is 1. The average Bonchev–Trinajstić information content (AvgIpc) is 2.12. The monoisotopic (exact) mass is 195 g/mol. The molecule has 1 saturated heterocycles. The van der Waals surface area contributed by atoms with Crippen LogP contribution in [-0.4, -0.2) is 36.0 Å². The third kappa shape index (κ3) is 2.57. The molecule has 76 valence electrons. The second kappa shape index (κ2) is 4.77. The fraction of sp³-hybridized carbons (Fsp3) is 0.600. The van der Waals surface area contributed by atoms with Gasteiger partial charge in [0.25, 0.3) is 0 Å². The van der Waals surface area contributed by atoms with Crippen LogP contribution < -0.4 is 0 Å². The summed E-state index contributed by atoms with van der Waals surface area (Å²) >= 11 is 0. The maximum absolute atomic E-state index is 11.0. The summed E-state index contributed by atoms with van der Waals surface area (Å²) < 4.78 is 4.40. The van der Waals surface area contributed by atoms with Crippen molar-refractivity contribution in [3.63, 3.8) is 0 Å². The van der Waals surface area contributed by atoms with Crippen molar-refractivity contribution in [1.29, 1.82) is 0 Å². The van der Waals surface area contributed by atoms with Gasteiger partial charge in [-0.2, -0.15) is 0 Å². The number of esters is 2. The predicted molar refractivity (Wildman–Crippen MR) is 50.2 cm³/mol. The van der Waals surface area contributed by atoms with E-state index in [1.807, 2.05) is 6.92 Å². The van der Waals surface area contributed by atoms with Crippen LogP contribution in [0.1, 0.15) is 19.8 Å². The van der Waals surface area contributed by atoms with Crippen molar-refractivity contribution in [3.05, 3.63) is 0 Å². The number of ether oxygens (including phenoxy) is 1. The highest BCUT2D eigenvalue weighted by molar-refractivity contribution is 5.90.